The van der Waals surface area contributed by atoms with Gasteiger partial charge in [-0.3, -0.25) is 0 Å². The van der Waals surface area contributed by atoms with E-state index in [1.165, 1.54) is 0 Å². The number of hydrogen-bond donors (Lipinski definition) is 1. The van der Waals surface area contributed by atoms with Crippen LogP contribution >= 0.6 is 0 Å². The first-order valence-electron chi connectivity index (χ1n) is 4.74. The van der Waals surface area contributed by atoms with Gasteiger partial charge in [0.2, 0.25) is 0 Å². The van der Waals surface area contributed by atoms with Crippen molar-refractivity contribution >= 4 is 12.4 Å². The van der Waals surface area contributed by atoms with Crippen LogP contribution in [0.3, 0.4) is 0 Å². The first kappa shape index (κ1) is 22.8. The van der Waals surface area contributed by atoms with Gasteiger partial charge in [0, 0.05) is 12.4 Å². The minimum absolute atomic E-state index is 0.935. The zero-order valence-corrected chi connectivity index (χ0v) is 10.6. The third kappa shape index (κ3) is 185. The summed E-state index contributed by atoms with van der Waals surface area (Å²) < 4.78 is 0. The van der Waals surface area contributed by atoms with Crippen LogP contribution in [0.25, 0.3) is 0 Å². The normalized spacial score (nSPS) is 5.54. The molecule has 0 unspecified atom stereocenters. The second-order valence-corrected chi connectivity index (χ2v) is 1.69. The fourth-order valence-electron chi connectivity index (χ4n) is 0.141. The highest BCUT2D eigenvalue weighted by molar-refractivity contribution is 5.78. The Kier molecular flexibility index (Phi) is 74.8. The van der Waals surface area contributed by atoms with Crippen molar-refractivity contribution in [2.75, 3.05) is 14.1 Å². The SMILES string of the molecule is C=NN=C(C)C.CC.CC.CNC. The lowest BCUT2D eigenvalue weighted by Crippen LogP contribution is -1.89. The second kappa shape index (κ2) is 42.7. The van der Waals surface area contributed by atoms with E-state index in [1.54, 1.807) is 0 Å². The van der Waals surface area contributed by atoms with Crippen LogP contribution in [0.4, 0.5) is 0 Å². The van der Waals surface area contributed by atoms with Crippen molar-refractivity contribution in [3.05, 3.63) is 0 Å². The maximum atomic E-state index is 3.56. The summed E-state index contributed by atoms with van der Waals surface area (Å²) in [6.45, 7) is 14.9. The summed E-state index contributed by atoms with van der Waals surface area (Å²) in [7, 11) is 3.75. The molecule has 13 heavy (non-hydrogen) atoms. The van der Waals surface area contributed by atoms with E-state index >= 15 is 0 Å². The Hall–Kier alpha value is -0.700. The molecule has 82 valence electrons. The van der Waals surface area contributed by atoms with Gasteiger partial charge in [-0.25, -0.2) is 0 Å². The van der Waals surface area contributed by atoms with Crippen molar-refractivity contribution in [3.8, 4) is 0 Å². The average Bonchev–Trinajstić information content (AvgIpc) is 2.12. The van der Waals surface area contributed by atoms with E-state index < -0.39 is 0 Å². The molecule has 3 heteroatoms. The lowest BCUT2D eigenvalue weighted by molar-refractivity contribution is 1.02. The molecule has 1 N–H and O–H groups in total. The van der Waals surface area contributed by atoms with E-state index in [1.807, 2.05) is 55.6 Å². The second-order valence-electron chi connectivity index (χ2n) is 1.69. The Morgan fingerprint density at radius 1 is 1.00 bits per heavy atom. The molecule has 0 heterocycles. The molecule has 0 bridgehead atoms. The fraction of sp³-hybridized carbons (Fsp3) is 0.800. The molecule has 0 fully saturated rings. The number of rotatable bonds is 1. The highest BCUT2D eigenvalue weighted by Gasteiger charge is 1.66. The summed E-state index contributed by atoms with van der Waals surface area (Å²) >= 11 is 0. The summed E-state index contributed by atoms with van der Waals surface area (Å²) in [5.74, 6) is 0. The Morgan fingerprint density at radius 3 is 1.23 bits per heavy atom. The highest BCUT2D eigenvalue weighted by Crippen LogP contribution is 1.70. The monoisotopic (exact) mass is 189 g/mol. The van der Waals surface area contributed by atoms with E-state index in [4.69, 9.17) is 0 Å². The average molecular weight is 189 g/mol. The van der Waals surface area contributed by atoms with E-state index in [2.05, 4.69) is 22.2 Å². The molecule has 3 nitrogen and oxygen atoms in total. The quantitative estimate of drug-likeness (QED) is 0.499. The Balaban J connectivity index is -0.0000000493. The van der Waals surface area contributed by atoms with Crippen molar-refractivity contribution < 1.29 is 0 Å². The summed E-state index contributed by atoms with van der Waals surface area (Å²) in [6.07, 6.45) is 0. The van der Waals surface area contributed by atoms with Crippen LogP contribution in [-0.4, -0.2) is 26.5 Å². The van der Waals surface area contributed by atoms with Crippen LogP contribution in [0.15, 0.2) is 10.2 Å². The molecule has 0 aromatic heterocycles. The third-order valence-electron chi connectivity index (χ3n) is 0.271. The fourth-order valence-corrected chi connectivity index (χ4v) is 0.141. The molecule has 0 radical (unpaired) electrons. The molecule has 0 aliphatic carbocycles. The molecule has 0 aromatic carbocycles. The molecule has 0 aliphatic heterocycles. The van der Waals surface area contributed by atoms with Gasteiger partial charge in [-0.15, -0.1) is 0 Å². The van der Waals surface area contributed by atoms with Gasteiger partial charge in [0.15, 0.2) is 0 Å². The number of nitrogens with zero attached hydrogens (tertiary/aromatic N) is 2. The predicted molar refractivity (Wildman–Crippen MR) is 66.0 cm³/mol. The van der Waals surface area contributed by atoms with Crippen LogP contribution in [-0.2, 0) is 0 Å². The van der Waals surface area contributed by atoms with Crippen molar-refractivity contribution in [1.82, 2.24) is 5.32 Å². The molecule has 0 aromatic rings. The van der Waals surface area contributed by atoms with Crippen LogP contribution in [0.2, 0.25) is 0 Å². The lowest BCUT2D eigenvalue weighted by Gasteiger charge is -1.74. The van der Waals surface area contributed by atoms with Gasteiger partial charge in [-0.2, -0.15) is 10.2 Å². The van der Waals surface area contributed by atoms with Crippen LogP contribution in [0.5, 0.6) is 0 Å². The maximum absolute atomic E-state index is 3.56. The van der Waals surface area contributed by atoms with Crippen molar-refractivity contribution in [1.29, 1.82) is 0 Å². The molecular weight excluding hydrogens is 162 g/mol. The Labute approximate surface area is 84.4 Å². The van der Waals surface area contributed by atoms with Gasteiger partial charge in [0.25, 0.3) is 0 Å². The van der Waals surface area contributed by atoms with Crippen LogP contribution < -0.4 is 5.32 Å². The first-order valence-corrected chi connectivity index (χ1v) is 4.74. The van der Waals surface area contributed by atoms with E-state index in [9.17, 15) is 0 Å². The van der Waals surface area contributed by atoms with Crippen LogP contribution in [0, 0.1) is 0 Å². The predicted octanol–water partition coefficient (Wildman–Crippen LogP) is 2.97. The molecule has 0 saturated heterocycles. The highest BCUT2D eigenvalue weighted by atomic mass is 15.2. The Bertz CT molecular complexity index is 84.2. The molecule has 0 spiro atoms. The zero-order chi connectivity index (χ0) is 11.7. The van der Waals surface area contributed by atoms with Gasteiger partial charge >= 0.3 is 0 Å². The summed E-state index contributed by atoms with van der Waals surface area (Å²) in [4.78, 5) is 0. The summed E-state index contributed by atoms with van der Waals surface area (Å²) in [6, 6.07) is 0. The lowest BCUT2D eigenvalue weighted by atomic mass is 10.5. The minimum atomic E-state index is 0.935. The molecule has 0 atom stereocenters. The summed E-state index contributed by atoms with van der Waals surface area (Å²) in [5, 5.41) is 9.58. The topological polar surface area (TPSA) is 36.8 Å². The Morgan fingerprint density at radius 2 is 1.23 bits per heavy atom. The van der Waals surface area contributed by atoms with Crippen LogP contribution in [0.1, 0.15) is 41.5 Å². The van der Waals surface area contributed by atoms with E-state index in [-0.39, 0.29) is 0 Å². The molecule has 0 rings (SSSR count). The molecule has 0 saturated carbocycles. The standard InChI is InChI=1S/C4H8N2.C2H7N.2C2H6/c1-4(2)6-5-3;1-3-2;2*1-2/h3H2,1-2H3;3H,1-2H3;2*1-2H3. The molecule has 0 aliphatic rings. The van der Waals surface area contributed by atoms with Gasteiger partial charge in [-0.05, 0) is 27.9 Å². The minimum Gasteiger partial charge on any atom is -0.323 e. The van der Waals surface area contributed by atoms with E-state index in [0.717, 1.165) is 5.71 Å². The molecular formula is C10H27N3. The van der Waals surface area contributed by atoms with Crippen molar-refractivity contribution in [2.24, 2.45) is 10.2 Å². The smallest absolute Gasteiger partial charge is 0.0343 e. The van der Waals surface area contributed by atoms with Gasteiger partial charge < -0.3 is 5.32 Å². The zero-order valence-electron chi connectivity index (χ0n) is 10.6. The third-order valence-corrected chi connectivity index (χ3v) is 0.271. The summed E-state index contributed by atoms with van der Waals surface area (Å²) in [5.41, 5.74) is 0.935. The molecule has 0 amide bonds. The first-order chi connectivity index (χ1) is 6.18. The van der Waals surface area contributed by atoms with Crippen molar-refractivity contribution in [3.63, 3.8) is 0 Å². The number of hydrogen-bond acceptors (Lipinski definition) is 3. The number of nitrogens with one attached hydrogen (secondary N) is 1. The van der Waals surface area contributed by atoms with Crippen molar-refractivity contribution in [2.45, 2.75) is 41.5 Å². The van der Waals surface area contributed by atoms with E-state index in [0.29, 0.717) is 0 Å². The maximum Gasteiger partial charge on any atom is 0.0343 e. The van der Waals surface area contributed by atoms with Gasteiger partial charge in [0.05, 0.1) is 0 Å². The van der Waals surface area contributed by atoms with Gasteiger partial charge in [-0.1, -0.05) is 27.7 Å². The largest absolute Gasteiger partial charge is 0.323 e. The van der Waals surface area contributed by atoms with Gasteiger partial charge in [0.1, 0.15) is 0 Å².